The molecule has 0 aliphatic carbocycles. The third-order valence-corrected chi connectivity index (χ3v) is 3.86. The Morgan fingerprint density at radius 1 is 1.29 bits per heavy atom. The third kappa shape index (κ3) is 3.83. The van der Waals surface area contributed by atoms with Gasteiger partial charge in [-0.15, -0.1) is 12.4 Å². The van der Waals surface area contributed by atoms with Gasteiger partial charge in [0.1, 0.15) is 5.75 Å². The van der Waals surface area contributed by atoms with Gasteiger partial charge in [-0.05, 0) is 49.6 Å². The summed E-state index contributed by atoms with van der Waals surface area (Å²) in [5, 5.41) is 18.9. The first-order valence-electron chi connectivity index (χ1n) is 4.84. The van der Waals surface area contributed by atoms with Gasteiger partial charge in [0.2, 0.25) is 0 Å². The van der Waals surface area contributed by atoms with Gasteiger partial charge in [0.05, 0.1) is 8.95 Å². The van der Waals surface area contributed by atoms with Crippen LogP contribution in [0.4, 0.5) is 0 Å². The summed E-state index contributed by atoms with van der Waals surface area (Å²) in [6, 6.07) is 3.23. The van der Waals surface area contributed by atoms with Crippen molar-refractivity contribution in [3.05, 3.63) is 26.6 Å². The van der Waals surface area contributed by atoms with Gasteiger partial charge in [0.25, 0.3) is 0 Å². The molecule has 1 aromatic carbocycles. The van der Waals surface area contributed by atoms with Crippen LogP contribution in [0.5, 0.6) is 5.75 Å². The first-order chi connectivity index (χ1) is 7.29. The van der Waals surface area contributed by atoms with Crippen LogP contribution >= 0.6 is 44.3 Å². The second kappa shape index (κ2) is 6.38. The summed E-state index contributed by atoms with van der Waals surface area (Å²) in [5.74, 6) is 0.151. The summed E-state index contributed by atoms with van der Waals surface area (Å²) in [6.07, 6.45) is 0. The largest absolute Gasteiger partial charge is 0.506 e. The van der Waals surface area contributed by atoms with Crippen LogP contribution in [0.3, 0.4) is 0 Å². The first kappa shape index (κ1) is 17.2. The standard InChI is InChI=1S/C11H15Br2NO2.ClH/c1-11(2,5-15)10(14)6-3-7(12)9(16)8(13)4-6;/h3-4,10,15-16H,5,14H2,1-2H3;1H/t10-;/m0./s1. The van der Waals surface area contributed by atoms with Crippen LogP contribution in [0.15, 0.2) is 21.1 Å². The fourth-order valence-corrected chi connectivity index (χ4v) is 2.54. The number of phenols is 1. The van der Waals surface area contributed by atoms with Crippen LogP contribution < -0.4 is 5.73 Å². The van der Waals surface area contributed by atoms with Crippen LogP contribution in [0, 0.1) is 5.41 Å². The molecule has 1 atom stereocenters. The lowest BCUT2D eigenvalue weighted by Crippen LogP contribution is -2.32. The number of phenolic OH excluding ortho intramolecular Hbond substituents is 1. The Bertz CT molecular complexity index is 376. The molecule has 0 saturated heterocycles. The minimum absolute atomic E-state index is 0. The van der Waals surface area contributed by atoms with Crippen molar-refractivity contribution in [3.8, 4) is 5.75 Å². The first-order valence-corrected chi connectivity index (χ1v) is 6.42. The molecule has 0 fully saturated rings. The summed E-state index contributed by atoms with van der Waals surface area (Å²) in [4.78, 5) is 0. The van der Waals surface area contributed by atoms with E-state index in [4.69, 9.17) is 5.73 Å². The molecule has 0 aliphatic heterocycles. The average Bonchev–Trinajstić information content (AvgIpc) is 2.24. The van der Waals surface area contributed by atoms with E-state index in [1.165, 1.54) is 0 Å². The fraction of sp³-hybridized carbons (Fsp3) is 0.455. The molecule has 0 heterocycles. The summed E-state index contributed by atoms with van der Waals surface area (Å²) < 4.78 is 1.17. The summed E-state index contributed by atoms with van der Waals surface area (Å²) in [7, 11) is 0. The number of aliphatic hydroxyl groups is 1. The molecule has 0 unspecified atom stereocenters. The van der Waals surface area contributed by atoms with Gasteiger partial charge in [-0.1, -0.05) is 13.8 Å². The number of hydrogen-bond donors (Lipinski definition) is 3. The number of benzene rings is 1. The quantitative estimate of drug-likeness (QED) is 0.743. The lowest BCUT2D eigenvalue weighted by atomic mass is 9.82. The highest BCUT2D eigenvalue weighted by Gasteiger charge is 2.27. The molecule has 98 valence electrons. The predicted molar refractivity (Wildman–Crippen MR) is 78.6 cm³/mol. The lowest BCUT2D eigenvalue weighted by molar-refractivity contribution is 0.132. The molecule has 6 heteroatoms. The van der Waals surface area contributed by atoms with Crippen molar-refractivity contribution in [2.45, 2.75) is 19.9 Å². The molecule has 17 heavy (non-hydrogen) atoms. The van der Waals surface area contributed by atoms with Crippen LogP contribution in [-0.2, 0) is 0 Å². The minimum atomic E-state index is -0.407. The second-order valence-electron chi connectivity index (χ2n) is 4.46. The zero-order chi connectivity index (χ0) is 12.5. The lowest BCUT2D eigenvalue weighted by Gasteiger charge is -2.30. The Balaban J connectivity index is 0.00000256. The molecule has 0 aliphatic rings. The molecule has 0 saturated carbocycles. The van der Waals surface area contributed by atoms with Crippen molar-refractivity contribution < 1.29 is 10.2 Å². The number of aromatic hydroxyl groups is 1. The van der Waals surface area contributed by atoms with E-state index < -0.39 is 5.41 Å². The zero-order valence-electron chi connectivity index (χ0n) is 9.58. The van der Waals surface area contributed by atoms with E-state index in [1.54, 1.807) is 12.1 Å². The molecule has 1 rings (SSSR count). The van der Waals surface area contributed by atoms with E-state index in [9.17, 15) is 10.2 Å². The SMILES string of the molecule is CC(C)(CO)[C@@H](N)c1cc(Br)c(O)c(Br)c1.Cl. The smallest absolute Gasteiger partial charge is 0.143 e. The maximum Gasteiger partial charge on any atom is 0.143 e. The maximum atomic E-state index is 9.59. The van der Waals surface area contributed by atoms with Gasteiger partial charge < -0.3 is 15.9 Å². The predicted octanol–water partition coefficient (Wildman–Crippen LogP) is 3.36. The van der Waals surface area contributed by atoms with Crippen LogP contribution in [0.1, 0.15) is 25.5 Å². The molecule has 1 aromatic rings. The van der Waals surface area contributed by atoms with Gasteiger partial charge >= 0.3 is 0 Å². The zero-order valence-corrected chi connectivity index (χ0v) is 13.6. The molecule has 3 nitrogen and oxygen atoms in total. The van der Waals surface area contributed by atoms with Crippen molar-refractivity contribution in [2.24, 2.45) is 11.1 Å². The van der Waals surface area contributed by atoms with Gasteiger partial charge in [-0.2, -0.15) is 0 Å². The Kier molecular flexibility index (Phi) is 6.46. The summed E-state index contributed by atoms with van der Waals surface area (Å²) in [5.41, 5.74) is 6.54. The molecule has 0 aromatic heterocycles. The van der Waals surface area contributed by atoms with E-state index in [0.29, 0.717) is 8.95 Å². The second-order valence-corrected chi connectivity index (χ2v) is 6.17. The molecule has 0 radical (unpaired) electrons. The Morgan fingerprint density at radius 3 is 2.06 bits per heavy atom. The fourth-order valence-electron chi connectivity index (χ4n) is 1.31. The molecule has 0 amide bonds. The molecule has 4 N–H and O–H groups in total. The highest BCUT2D eigenvalue weighted by molar-refractivity contribution is 9.11. The summed E-state index contributed by atoms with van der Waals surface area (Å²) in [6.45, 7) is 3.79. The molecule has 0 bridgehead atoms. The molecule has 0 spiro atoms. The van der Waals surface area contributed by atoms with Crippen molar-refractivity contribution in [3.63, 3.8) is 0 Å². The van der Waals surface area contributed by atoms with Crippen molar-refractivity contribution in [2.75, 3.05) is 6.61 Å². The Hall–Kier alpha value is 0.190. The van der Waals surface area contributed by atoms with E-state index in [-0.39, 0.29) is 30.8 Å². The molecular weight excluding hydrogens is 373 g/mol. The van der Waals surface area contributed by atoms with E-state index in [2.05, 4.69) is 31.9 Å². The van der Waals surface area contributed by atoms with Gasteiger partial charge in [0, 0.05) is 18.1 Å². The van der Waals surface area contributed by atoms with Gasteiger partial charge in [0.15, 0.2) is 0 Å². The van der Waals surface area contributed by atoms with Gasteiger partial charge in [-0.3, -0.25) is 0 Å². The van der Waals surface area contributed by atoms with Crippen LogP contribution in [-0.4, -0.2) is 16.8 Å². The highest BCUT2D eigenvalue weighted by Crippen LogP contribution is 2.38. The number of aliphatic hydroxyl groups excluding tert-OH is 1. The van der Waals surface area contributed by atoms with Gasteiger partial charge in [-0.25, -0.2) is 0 Å². The van der Waals surface area contributed by atoms with Crippen molar-refractivity contribution in [1.29, 1.82) is 0 Å². The number of nitrogens with two attached hydrogens (primary N) is 1. The summed E-state index contributed by atoms with van der Waals surface area (Å²) >= 11 is 6.51. The van der Waals surface area contributed by atoms with Crippen molar-refractivity contribution in [1.82, 2.24) is 0 Å². The van der Waals surface area contributed by atoms with E-state index in [0.717, 1.165) is 5.56 Å². The third-order valence-electron chi connectivity index (χ3n) is 2.65. The topological polar surface area (TPSA) is 66.5 Å². The maximum absolute atomic E-state index is 9.59. The number of hydrogen-bond acceptors (Lipinski definition) is 3. The molecular formula is C11H16Br2ClNO2. The van der Waals surface area contributed by atoms with Crippen molar-refractivity contribution >= 4 is 44.3 Å². The monoisotopic (exact) mass is 387 g/mol. The van der Waals surface area contributed by atoms with Crippen LogP contribution in [0.2, 0.25) is 0 Å². The van der Waals surface area contributed by atoms with E-state index >= 15 is 0 Å². The normalized spacial score (nSPS) is 13.1. The number of halogens is 3. The van der Waals surface area contributed by atoms with Crippen LogP contribution in [0.25, 0.3) is 0 Å². The number of rotatable bonds is 3. The average molecular weight is 390 g/mol. The van der Waals surface area contributed by atoms with E-state index in [1.807, 2.05) is 13.8 Å². The Morgan fingerprint density at radius 2 is 1.71 bits per heavy atom. The minimum Gasteiger partial charge on any atom is -0.506 e. The Labute approximate surface area is 124 Å². The highest BCUT2D eigenvalue weighted by atomic mass is 79.9.